The van der Waals surface area contributed by atoms with Crippen LogP contribution in [-0.2, 0) is 6.61 Å². The largest absolute Gasteiger partial charge is 0.487 e. The monoisotopic (exact) mass is 327 g/mol. The fraction of sp³-hybridized carbons (Fsp3) is 0.0909. The van der Waals surface area contributed by atoms with Gasteiger partial charge in [-0.2, -0.15) is 0 Å². The van der Waals surface area contributed by atoms with Gasteiger partial charge in [-0.25, -0.2) is 0 Å². The number of aromatic nitrogens is 1. The number of hydrogen-bond acceptors (Lipinski definition) is 5. The molecule has 1 aromatic carbocycles. The number of oxime groups is 1. The minimum absolute atomic E-state index is 0.00982. The first-order valence-electron chi connectivity index (χ1n) is 4.98. The maximum atomic E-state index is 8.74. The molecule has 0 aliphatic heterocycles. The maximum absolute atomic E-state index is 8.74. The molecule has 18 heavy (non-hydrogen) atoms. The van der Waals surface area contributed by atoms with Crippen LogP contribution in [-0.4, -0.2) is 16.0 Å². The molecule has 1 aromatic heterocycles. The Labute approximate surface area is 116 Å². The van der Waals surface area contributed by atoms with Gasteiger partial charge in [0.25, 0.3) is 0 Å². The topological polar surface area (TPSA) is 80.7 Å². The van der Waals surface area contributed by atoms with Crippen molar-refractivity contribution in [2.24, 2.45) is 10.9 Å². The number of amidine groups is 1. The highest BCUT2D eigenvalue weighted by molar-refractivity contribution is 9.10. The summed E-state index contributed by atoms with van der Waals surface area (Å²) in [5.74, 6) is 0.567. The number of nitrogens with zero attached hydrogens (tertiary/aromatic N) is 2. The lowest BCUT2D eigenvalue weighted by Crippen LogP contribution is -2.14. The van der Waals surface area contributed by atoms with Gasteiger partial charge >= 0.3 is 0 Å². The van der Waals surface area contributed by atoms with Gasteiger partial charge < -0.3 is 15.7 Å². The number of benzene rings is 1. The van der Waals surface area contributed by atoms with Gasteiger partial charge in [0.2, 0.25) is 0 Å². The fourth-order valence-corrected chi connectivity index (χ4v) is 2.21. The van der Waals surface area contributed by atoms with Crippen molar-refractivity contribution in [3.63, 3.8) is 0 Å². The fourth-order valence-electron chi connectivity index (χ4n) is 1.34. The van der Waals surface area contributed by atoms with Gasteiger partial charge in [0.1, 0.15) is 12.4 Å². The lowest BCUT2D eigenvalue weighted by atomic mass is 10.2. The zero-order chi connectivity index (χ0) is 13.0. The Kier molecular flexibility index (Phi) is 4.16. The number of ether oxygens (including phenoxy) is 1. The van der Waals surface area contributed by atoms with E-state index in [0.29, 0.717) is 17.9 Å². The third kappa shape index (κ3) is 2.99. The summed E-state index contributed by atoms with van der Waals surface area (Å²) in [5.41, 5.74) is 7.88. The quantitative estimate of drug-likeness (QED) is 0.391. The molecule has 0 aliphatic rings. The standard InChI is InChI=1S/C11H10BrN3O2S/c12-7-1-2-10(9(3-7)11(13)15-16)17-5-8-4-14-6-18-8/h1-4,6,16H,5H2,(H2,13,15). The molecule has 0 radical (unpaired) electrons. The van der Waals surface area contributed by atoms with Crippen molar-refractivity contribution >= 4 is 33.1 Å². The molecule has 0 saturated carbocycles. The maximum Gasteiger partial charge on any atom is 0.173 e. The van der Waals surface area contributed by atoms with Crippen LogP contribution in [0.2, 0.25) is 0 Å². The summed E-state index contributed by atoms with van der Waals surface area (Å²) in [5, 5.41) is 11.7. The van der Waals surface area contributed by atoms with E-state index in [0.717, 1.165) is 9.35 Å². The second kappa shape index (κ2) is 5.83. The van der Waals surface area contributed by atoms with Gasteiger partial charge in [0.05, 0.1) is 16.0 Å². The van der Waals surface area contributed by atoms with Crippen LogP contribution in [0.4, 0.5) is 0 Å². The Balaban J connectivity index is 2.21. The second-order valence-electron chi connectivity index (χ2n) is 3.38. The molecule has 94 valence electrons. The van der Waals surface area contributed by atoms with Gasteiger partial charge in [-0.05, 0) is 18.2 Å². The van der Waals surface area contributed by atoms with Crippen LogP contribution in [0.5, 0.6) is 5.75 Å². The molecule has 5 nitrogen and oxygen atoms in total. The van der Waals surface area contributed by atoms with Crippen LogP contribution in [0.1, 0.15) is 10.4 Å². The van der Waals surface area contributed by atoms with Crippen molar-refractivity contribution in [1.29, 1.82) is 0 Å². The summed E-state index contributed by atoms with van der Waals surface area (Å²) in [6, 6.07) is 5.33. The summed E-state index contributed by atoms with van der Waals surface area (Å²) in [6.07, 6.45) is 1.74. The molecular formula is C11H10BrN3O2S. The molecule has 0 unspecified atom stereocenters. The molecule has 0 aliphatic carbocycles. The van der Waals surface area contributed by atoms with E-state index in [2.05, 4.69) is 26.1 Å². The molecule has 3 N–H and O–H groups in total. The van der Waals surface area contributed by atoms with Crippen molar-refractivity contribution in [3.05, 3.63) is 44.8 Å². The third-order valence-corrected chi connectivity index (χ3v) is 3.43. The lowest BCUT2D eigenvalue weighted by Gasteiger charge is -2.10. The first-order valence-corrected chi connectivity index (χ1v) is 6.65. The number of hydrogen-bond donors (Lipinski definition) is 2. The third-order valence-electron chi connectivity index (χ3n) is 2.18. The molecule has 2 rings (SSSR count). The van der Waals surface area contributed by atoms with E-state index in [1.165, 1.54) is 11.3 Å². The summed E-state index contributed by atoms with van der Waals surface area (Å²) in [7, 11) is 0. The first-order chi connectivity index (χ1) is 8.70. The molecule has 2 aromatic rings. The Morgan fingerprint density at radius 2 is 2.39 bits per heavy atom. The number of halogens is 1. The lowest BCUT2D eigenvalue weighted by molar-refractivity contribution is 0.306. The van der Waals surface area contributed by atoms with Crippen molar-refractivity contribution in [2.45, 2.75) is 6.61 Å². The van der Waals surface area contributed by atoms with Crippen molar-refractivity contribution in [1.82, 2.24) is 4.98 Å². The average molecular weight is 328 g/mol. The van der Waals surface area contributed by atoms with Crippen LogP contribution in [0.25, 0.3) is 0 Å². The highest BCUT2D eigenvalue weighted by atomic mass is 79.9. The highest BCUT2D eigenvalue weighted by Gasteiger charge is 2.09. The molecular weight excluding hydrogens is 318 g/mol. The van der Waals surface area contributed by atoms with Crippen LogP contribution < -0.4 is 10.5 Å². The van der Waals surface area contributed by atoms with Gasteiger partial charge in [-0.15, -0.1) is 11.3 Å². The van der Waals surface area contributed by atoms with E-state index in [1.807, 2.05) is 6.07 Å². The molecule has 7 heteroatoms. The number of nitrogens with two attached hydrogens (primary N) is 1. The van der Waals surface area contributed by atoms with Crippen LogP contribution in [0, 0.1) is 0 Å². The van der Waals surface area contributed by atoms with E-state index in [4.69, 9.17) is 15.7 Å². The summed E-state index contributed by atoms with van der Waals surface area (Å²) >= 11 is 4.84. The molecule has 0 fully saturated rings. The van der Waals surface area contributed by atoms with Crippen molar-refractivity contribution in [3.8, 4) is 5.75 Å². The normalized spacial score (nSPS) is 11.5. The van der Waals surface area contributed by atoms with E-state index in [9.17, 15) is 0 Å². The van der Waals surface area contributed by atoms with Crippen LogP contribution >= 0.6 is 27.3 Å². The van der Waals surface area contributed by atoms with Gasteiger partial charge in [-0.3, -0.25) is 4.98 Å². The summed E-state index contributed by atoms with van der Waals surface area (Å²) in [4.78, 5) is 4.97. The highest BCUT2D eigenvalue weighted by Crippen LogP contribution is 2.24. The summed E-state index contributed by atoms with van der Waals surface area (Å²) in [6.45, 7) is 0.401. The van der Waals surface area contributed by atoms with Crippen LogP contribution in [0.15, 0.2) is 39.5 Å². The van der Waals surface area contributed by atoms with Crippen molar-refractivity contribution < 1.29 is 9.94 Å². The van der Waals surface area contributed by atoms with Crippen LogP contribution in [0.3, 0.4) is 0 Å². The van der Waals surface area contributed by atoms with Gasteiger partial charge in [-0.1, -0.05) is 21.1 Å². The van der Waals surface area contributed by atoms with Gasteiger partial charge in [0, 0.05) is 10.7 Å². The molecule has 0 saturated heterocycles. The van der Waals surface area contributed by atoms with E-state index in [1.54, 1.807) is 23.8 Å². The van der Waals surface area contributed by atoms with Crippen molar-refractivity contribution in [2.75, 3.05) is 0 Å². The molecule has 0 spiro atoms. The summed E-state index contributed by atoms with van der Waals surface area (Å²) < 4.78 is 6.47. The predicted octanol–water partition coefficient (Wildman–Crippen LogP) is 2.58. The SMILES string of the molecule is N/C(=N/O)c1cc(Br)ccc1OCc1cncs1. The zero-order valence-electron chi connectivity index (χ0n) is 9.21. The minimum Gasteiger partial charge on any atom is -0.487 e. The number of rotatable bonds is 4. The molecule has 1 heterocycles. The average Bonchev–Trinajstić information content (AvgIpc) is 2.89. The van der Waals surface area contributed by atoms with E-state index in [-0.39, 0.29) is 5.84 Å². The predicted molar refractivity (Wildman–Crippen MR) is 73.1 cm³/mol. The molecule has 0 atom stereocenters. The first kappa shape index (κ1) is 12.8. The Morgan fingerprint density at radius 3 is 3.06 bits per heavy atom. The van der Waals surface area contributed by atoms with E-state index < -0.39 is 0 Å². The second-order valence-corrected chi connectivity index (χ2v) is 5.27. The molecule has 0 bridgehead atoms. The van der Waals surface area contributed by atoms with E-state index >= 15 is 0 Å². The minimum atomic E-state index is 0.00982. The van der Waals surface area contributed by atoms with Gasteiger partial charge in [0.15, 0.2) is 5.84 Å². The Morgan fingerprint density at radius 1 is 1.56 bits per heavy atom. The smallest absolute Gasteiger partial charge is 0.173 e. The number of thiazole rings is 1. The Hall–Kier alpha value is -1.60. The zero-order valence-corrected chi connectivity index (χ0v) is 11.6. The molecule has 0 amide bonds. The Bertz CT molecular complexity index is 557.